The molecule has 0 unspecified atom stereocenters. The van der Waals surface area contributed by atoms with Crippen molar-refractivity contribution in [2.75, 3.05) is 53.0 Å². The van der Waals surface area contributed by atoms with Gasteiger partial charge in [-0.3, -0.25) is 4.79 Å². The second-order valence-corrected chi connectivity index (χ2v) is 8.84. The Balaban J connectivity index is 3.79. The molecule has 0 rings (SSSR count). The van der Waals surface area contributed by atoms with Gasteiger partial charge < -0.3 is 35.5 Å². The summed E-state index contributed by atoms with van der Waals surface area (Å²) in [6, 6.07) is 0. The number of alkyl carbamates (subject to hydrolysis) is 2. The minimum Gasteiger partial charge on any atom is -0.447 e. The van der Waals surface area contributed by atoms with Crippen LogP contribution in [0.1, 0.15) is 90.9 Å². The molecule has 0 saturated carbocycles. The number of rotatable bonds is 24. The second-order valence-electron chi connectivity index (χ2n) is 8.84. The predicted octanol–water partition coefficient (Wildman–Crippen LogP) is 3.88. The molecule has 0 aromatic heterocycles. The van der Waals surface area contributed by atoms with E-state index >= 15 is 0 Å². The Hall–Kier alpha value is -2.07. The summed E-state index contributed by atoms with van der Waals surface area (Å²) in [5.41, 5.74) is 0. The quantitative estimate of drug-likeness (QED) is 0.143. The van der Waals surface area contributed by atoms with Gasteiger partial charge in [0.25, 0.3) is 0 Å². The highest BCUT2D eigenvalue weighted by Crippen LogP contribution is 2.10. The Morgan fingerprint density at radius 2 is 1.11 bits per heavy atom. The Morgan fingerprint density at radius 1 is 0.639 bits per heavy atom. The van der Waals surface area contributed by atoms with Crippen molar-refractivity contribution in [3.8, 4) is 0 Å². The number of carbonyl (C=O) groups excluding carboxylic acids is 3. The van der Waals surface area contributed by atoms with Crippen LogP contribution in [0.15, 0.2) is 0 Å². The highest BCUT2D eigenvalue weighted by molar-refractivity contribution is 5.75. The number of ether oxygens (including phenoxy) is 3. The third-order valence-electron chi connectivity index (χ3n) is 5.52. The van der Waals surface area contributed by atoms with Crippen molar-refractivity contribution in [1.29, 1.82) is 0 Å². The fourth-order valence-electron chi connectivity index (χ4n) is 3.51. The lowest BCUT2D eigenvalue weighted by molar-refractivity contribution is -0.121. The number of hydrogen-bond acceptors (Lipinski definition) is 7. The van der Waals surface area contributed by atoms with E-state index in [0.29, 0.717) is 39.1 Å². The minimum absolute atomic E-state index is 0.00516. The normalized spacial score (nSPS) is 10.8. The molecule has 0 aliphatic rings. The Labute approximate surface area is 218 Å². The molecule has 0 bridgehead atoms. The standard InChI is InChI=1S/C26H52N4O6/c1-4-28-25(32)35-21-23(22-36-26(33)29-5-2)34-20-16-17-24(31)30-19-15-13-11-9-7-6-8-10-12-14-18-27-3/h23,27H,4-22H2,1-3H3,(H,28,32)(H,29,33)(H,30,31). The molecule has 0 radical (unpaired) electrons. The van der Waals surface area contributed by atoms with Crippen LogP contribution in [0.2, 0.25) is 0 Å². The molecule has 0 aliphatic carbocycles. The second kappa shape index (κ2) is 26.0. The Kier molecular flexibility index (Phi) is 24.5. The van der Waals surface area contributed by atoms with E-state index in [1.165, 1.54) is 51.4 Å². The van der Waals surface area contributed by atoms with E-state index in [2.05, 4.69) is 21.3 Å². The molecular weight excluding hydrogens is 464 g/mol. The van der Waals surface area contributed by atoms with Gasteiger partial charge in [-0.1, -0.05) is 51.4 Å². The third-order valence-corrected chi connectivity index (χ3v) is 5.52. The van der Waals surface area contributed by atoms with Gasteiger partial charge in [-0.05, 0) is 46.7 Å². The van der Waals surface area contributed by atoms with Gasteiger partial charge in [-0.25, -0.2) is 9.59 Å². The third kappa shape index (κ3) is 23.7. The van der Waals surface area contributed by atoms with Gasteiger partial charge in [0.2, 0.25) is 5.91 Å². The first-order valence-electron chi connectivity index (χ1n) is 13.9. The molecule has 3 amide bonds. The SMILES string of the molecule is CCNC(=O)OCC(COC(=O)NCC)OCCCC(=O)NCCCCCCCCCCCCNC. The highest BCUT2D eigenvalue weighted by Gasteiger charge is 2.15. The van der Waals surface area contributed by atoms with Crippen LogP contribution in [0.5, 0.6) is 0 Å². The van der Waals surface area contributed by atoms with Crippen LogP contribution in [-0.4, -0.2) is 77.2 Å². The maximum absolute atomic E-state index is 12.0. The molecule has 4 N–H and O–H groups in total. The summed E-state index contributed by atoms with van der Waals surface area (Å²) in [6.07, 6.45) is 11.7. The Morgan fingerprint density at radius 3 is 1.58 bits per heavy atom. The molecule has 0 heterocycles. The van der Waals surface area contributed by atoms with Crippen LogP contribution < -0.4 is 21.3 Å². The van der Waals surface area contributed by atoms with Crippen molar-refractivity contribution in [1.82, 2.24) is 21.3 Å². The molecule has 0 spiro atoms. The first-order chi connectivity index (χ1) is 17.5. The molecule has 0 aromatic carbocycles. The lowest BCUT2D eigenvalue weighted by Gasteiger charge is -2.18. The molecule has 212 valence electrons. The summed E-state index contributed by atoms with van der Waals surface area (Å²) in [6.45, 7) is 6.50. The van der Waals surface area contributed by atoms with Crippen molar-refractivity contribution in [3.63, 3.8) is 0 Å². The Bertz CT molecular complexity index is 529. The monoisotopic (exact) mass is 516 g/mol. The first kappa shape index (κ1) is 33.9. The van der Waals surface area contributed by atoms with Crippen molar-refractivity contribution >= 4 is 18.1 Å². The molecule has 10 nitrogen and oxygen atoms in total. The first-order valence-corrected chi connectivity index (χ1v) is 13.9. The molecule has 36 heavy (non-hydrogen) atoms. The topological polar surface area (TPSA) is 127 Å². The average Bonchev–Trinajstić information content (AvgIpc) is 2.86. The van der Waals surface area contributed by atoms with Crippen LogP contribution in [0, 0.1) is 0 Å². The number of carbonyl (C=O) groups is 3. The lowest BCUT2D eigenvalue weighted by atomic mass is 10.1. The molecular formula is C26H52N4O6. The van der Waals surface area contributed by atoms with Gasteiger partial charge in [-0.15, -0.1) is 0 Å². The zero-order valence-electron chi connectivity index (χ0n) is 23.0. The number of hydrogen-bond donors (Lipinski definition) is 4. The maximum Gasteiger partial charge on any atom is 0.407 e. The smallest absolute Gasteiger partial charge is 0.407 e. The van der Waals surface area contributed by atoms with E-state index in [0.717, 1.165) is 19.4 Å². The van der Waals surface area contributed by atoms with Crippen LogP contribution in [0.4, 0.5) is 9.59 Å². The molecule has 0 atom stereocenters. The van der Waals surface area contributed by atoms with Crippen molar-refractivity contribution in [2.24, 2.45) is 0 Å². The molecule has 0 fully saturated rings. The van der Waals surface area contributed by atoms with Crippen LogP contribution >= 0.6 is 0 Å². The van der Waals surface area contributed by atoms with E-state index in [1.54, 1.807) is 13.8 Å². The number of nitrogens with one attached hydrogen (secondary N) is 4. The van der Waals surface area contributed by atoms with Crippen LogP contribution in [0.25, 0.3) is 0 Å². The van der Waals surface area contributed by atoms with Gasteiger partial charge in [0.05, 0.1) is 0 Å². The van der Waals surface area contributed by atoms with E-state index in [9.17, 15) is 14.4 Å². The van der Waals surface area contributed by atoms with Gasteiger partial charge in [-0.2, -0.15) is 0 Å². The zero-order valence-corrected chi connectivity index (χ0v) is 23.0. The summed E-state index contributed by atoms with van der Waals surface area (Å²) >= 11 is 0. The number of amides is 3. The lowest BCUT2D eigenvalue weighted by Crippen LogP contribution is -2.34. The molecule has 0 saturated heterocycles. The van der Waals surface area contributed by atoms with Crippen molar-refractivity contribution in [2.45, 2.75) is 97.0 Å². The largest absolute Gasteiger partial charge is 0.447 e. The number of unbranched alkanes of at least 4 members (excludes halogenated alkanes) is 9. The fraction of sp³-hybridized carbons (Fsp3) is 0.885. The van der Waals surface area contributed by atoms with Gasteiger partial charge in [0.15, 0.2) is 0 Å². The van der Waals surface area contributed by atoms with E-state index < -0.39 is 18.3 Å². The van der Waals surface area contributed by atoms with Crippen LogP contribution in [0.3, 0.4) is 0 Å². The maximum atomic E-state index is 12.0. The molecule has 10 heteroatoms. The van der Waals surface area contributed by atoms with E-state index in [-0.39, 0.29) is 19.1 Å². The molecule has 0 aliphatic heterocycles. The zero-order chi connectivity index (χ0) is 26.7. The average molecular weight is 517 g/mol. The van der Waals surface area contributed by atoms with Gasteiger partial charge in [0, 0.05) is 32.7 Å². The highest BCUT2D eigenvalue weighted by atomic mass is 16.6. The van der Waals surface area contributed by atoms with Gasteiger partial charge in [0.1, 0.15) is 19.3 Å². The predicted molar refractivity (Wildman–Crippen MR) is 142 cm³/mol. The fourth-order valence-corrected chi connectivity index (χ4v) is 3.51. The summed E-state index contributed by atoms with van der Waals surface area (Å²) in [5.74, 6) is 0.00516. The summed E-state index contributed by atoms with van der Waals surface area (Å²) in [5, 5.41) is 11.2. The van der Waals surface area contributed by atoms with Gasteiger partial charge >= 0.3 is 12.2 Å². The summed E-state index contributed by atoms with van der Waals surface area (Å²) < 4.78 is 15.8. The van der Waals surface area contributed by atoms with Crippen LogP contribution in [-0.2, 0) is 19.0 Å². The molecule has 0 aromatic rings. The van der Waals surface area contributed by atoms with E-state index in [1.807, 2.05) is 7.05 Å². The summed E-state index contributed by atoms with van der Waals surface area (Å²) in [4.78, 5) is 35.1. The summed E-state index contributed by atoms with van der Waals surface area (Å²) in [7, 11) is 2.00. The van der Waals surface area contributed by atoms with Crippen molar-refractivity contribution in [3.05, 3.63) is 0 Å². The minimum atomic E-state index is -0.600. The van der Waals surface area contributed by atoms with Crippen molar-refractivity contribution < 1.29 is 28.6 Å². The van der Waals surface area contributed by atoms with E-state index in [4.69, 9.17) is 14.2 Å².